The number of furan rings is 1. The van der Waals surface area contributed by atoms with Crippen molar-refractivity contribution in [2.75, 3.05) is 37.7 Å². The summed E-state index contributed by atoms with van der Waals surface area (Å²) in [4.78, 5) is 11.5. The van der Waals surface area contributed by atoms with Gasteiger partial charge in [-0.1, -0.05) is 6.07 Å². The number of pyridine rings is 1. The van der Waals surface area contributed by atoms with Gasteiger partial charge in [-0.15, -0.1) is 0 Å². The highest BCUT2D eigenvalue weighted by molar-refractivity contribution is 5.79. The van der Waals surface area contributed by atoms with Crippen molar-refractivity contribution >= 4 is 11.8 Å². The van der Waals surface area contributed by atoms with Crippen molar-refractivity contribution < 1.29 is 14.3 Å². The van der Waals surface area contributed by atoms with Crippen molar-refractivity contribution in [3.8, 4) is 0 Å². The molecule has 3 N–H and O–H groups in total. The predicted octanol–water partition coefficient (Wildman–Crippen LogP) is 2.48. The Bertz CT molecular complexity index is 876. The van der Waals surface area contributed by atoms with E-state index in [0.717, 1.165) is 54.7 Å². The molecule has 31 heavy (non-hydrogen) atoms. The van der Waals surface area contributed by atoms with Crippen molar-refractivity contribution in [1.82, 2.24) is 15.6 Å². The van der Waals surface area contributed by atoms with E-state index in [2.05, 4.69) is 38.5 Å². The molecule has 0 saturated carbocycles. The smallest absolute Gasteiger partial charge is 0.191 e. The second kappa shape index (κ2) is 10.2. The summed E-state index contributed by atoms with van der Waals surface area (Å²) in [5.41, 5.74) is 0.733. The highest BCUT2D eigenvalue weighted by Gasteiger charge is 2.28. The Morgan fingerprint density at radius 3 is 2.77 bits per heavy atom. The monoisotopic (exact) mass is 429 g/mol. The molecule has 1 aliphatic rings. The number of aryl methyl sites for hydroxylation is 2. The third-order valence-electron chi connectivity index (χ3n) is 5.36. The van der Waals surface area contributed by atoms with E-state index in [1.54, 1.807) is 6.92 Å². The average molecular weight is 430 g/mol. The van der Waals surface area contributed by atoms with Gasteiger partial charge in [-0.3, -0.25) is 0 Å². The highest BCUT2D eigenvalue weighted by atomic mass is 16.5. The average Bonchev–Trinajstić information content (AvgIpc) is 3.09. The van der Waals surface area contributed by atoms with E-state index in [-0.39, 0.29) is 6.10 Å². The van der Waals surface area contributed by atoms with Gasteiger partial charge in [-0.2, -0.15) is 0 Å². The Hall–Kier alpha value is -2.58. The van der Waals surface area contributed by atoms with Crippen molar-refractivity contribution in [2.45, 2.75) is 52.9 Å². The molecule has 2 unspecified atom stereocenters. The molecule has 8 heteroatoms. The van der Waals surface area contributed by atoms with Crippen molar-refractivity contribution in [3.63, 3.8) is 0 Å². The zero-order chi connectivity index (χ0) is 22.4. The first-order valence-electron chi connectivity index (χ1n) is 10.9. The van der Waals surface area contributed by atoms with E-state index < -0.39 is 5.60 Å². The Morgan fingerprint density at radius 1 is 1.35 bits per heavy atom. The molecule has 1 fully saturated rings. The topological polar surface area (TPSA) is 95.2 Å². The van der Waals surface area contributed by atoms with Crippen LogP contribution in [0.3, 0.4) is 0 Å². The maximum Gasteiger partial charge on any atom is 0.191 e. The van der Waals surface area contributed by atoms with Crippen LogP contribution in [0.4, 0.5) is 5.82 Å². The van der Waals surface area contributed by atoms with Crippen LogP contribution in [0.5, 0.6) is 0 Å². The normalized spacial score (nSPS) is 19.2. The van der Waals surface area contributed by atoms with Gasteiger partial charge < -0.3 is 29.8 Å². The second-order valence-electron chi connectivity index (χ2n) is 8.30. The van der Waals surface area contributed by atoms with Gasteiger partial charge in [0.1, 0.15) is 22.9 Å². The van der Waals surface area contributed by atoms with Crippen LogP contribution in [0.25, 0.3) is 0 Å². The number of nitrogens with zero attached hydrogens (tertiary/aromatic N) is 3. The van der Waals surface area contributed by atoms with Crippen LogP contribution in [0, 0.1) is 13.8 Å². The number of morpholine rings is 1. The molecule has 0 bridgehead atoms. The number of aliphatic imine (C=N–C) groups is 1. The third-order valence-corrected chi connectivity index (χ3v) is 5.36. The number of anilines is 1. The van der Waals surface area contributed by atoms with Gasteiger partial charge in [0.05, 0.1) is 25.8 Å². The van der Waals surface area contributed by atoms with E-state index in [4.69, 9.17) is 9.15 Å². The van der Waals surface area contributed by atoms with Gasteiger partial charge in [0, 0.05) is 31.4 Å². The molecule has 0 radical (unpaired) electrons. The molecule has 3 heterocycles. The number of nitrogens with one attached hydrogen (secondary N) is 2. The number of ether oxygens (including phenoxy) is 1. The number of hydrogen-bond donors (Lipinski definition) is 3. The Morgan fingerprint density at radius 2 is 2.16 bits per heavy atom. The minimum absolute atomic E-state index is 0.223. The fourth-order valence-corrected chi connectivity index (χ4v) is 3.75. The van der Waals surface area contributed by atoms with E-state index in [0.29, 0.717) is 19.0 Å². The van der Waals surface area contributed by atoms with Gasteiger partial charge in [-0.25, -0.2) is 9.98 Å². The molecule has 3 rings (SSSR count). The molecule has 2 atom stereocenters. The maximum atomic E-state index is 10.9. The van der Waals surface area contributed by atoms with Crippen LogP contribution in [0.1, 0.15) is 43.4 Å². The van der Waals surface area contributed by atoms with Crippen LogP contribution in [-0.2, 0) is 16.9 Å². The minimum Gasteiger partial charge on any atom is -0.466 e. The molecule has 2 aromatic heterocycles. The number of aromatic nitrogens is 1. The lowest BCUT2D eigenvalue weighted by atomic mass is 9.96. The molecule has 2 aromatic rings. The minimum atomic E-state index is -1.07. The number of guanidine groups is 1. The van der Waals surface area contributed by atoms with Crippen molar-refractivity contribution in [1.29, 1.82) is 0 Å². The molecule has 0 spiro atoms. The lowest BCUT2D eigenvalue weighted by molar-refractivity contribution is 0.0529. The van der Waals surface area contributed by atoms with Crippen LogP contribution in [0.15, 0.2) is 33.8 Å². The fourth-order valence-electron chi connectivity index (χ4n) is 3.75. The first-order valence-corrected chi connectivity index (χ1v) is 10.9. The summed E-state index contributed by atoms with van der Waals surface area (Å²) in [6.07, 6.45) is 2.09. The SMILES string of the molecule is CCNC(=NCc1ccc(N2CCOC(C)C2)nc1)NCC(C)(O)c1cc(C)oc1C. The summed E-state index contributed by atoms with van der Waals surface area (Å²) >= 11 is 0. The van der Waals surface area contributed by atoms with Gasteiger partial charge in [-0.05, 0) is 52.3 Å². The molecule has 1 aliphatic heterocycles. The molecule has 1 saturated heterocycles. The quantitative estimate of drug-likeness (QED) is 0.460. The number of aliphatic hydroxyl groups is 1. The van der Waals surface area contributed by atoms with Crippen LogP contribution < -0.4 is 15.5 Å². The maximum absolute atomic E-state index is 10.9. The molecule has 0 aliphatic carbocycles. The predicted molar refractivity (Wildman–Crippen MR) is 122 cm³/mol. The second-order valence-corrected chi connectivity index (χ2v) is 8.30. The van der Waals surface area contributed by atoms with E-state index in [1.165, 1.54) is 0 Å². The molecular weight excluding hydrogens is 394 g/mol. The molecule has 8 nitrogen and oxygen atoms in total. The molecule has 0 amide bonds. The van der Waals surface area contributed by atoms with E-state index in [9.17, 15) is 5.11 Å². The summed E-state index contributed by atoms with van der Waals surface area (Å²) in [5, 5.41) is 17.4. The zero-order valence-electron chi connectivity index (χ0n) is 19.2. The zero-order valence-corrected chi connectivity index (χ0v) is 19.2. The first kappa shape index (κ1) is 23.1. The standard InChI is InChI=1S/C23H35N5O3/c1-6-24-22(27-15-23(5,29)20-11-16(2)31-18(20)4)26-13-19-7-8-21(25-12-19)28-9-10-30-17(3)14-28/h7-8,11-12,17,29H,6,9-10,13-15H2,1-5H3,(H2,24,26,27). The third kappa shape index (κ3) is 6.21. The van der Waals surface area contributed by atoms with Gasteiger partial charge >= 0.3 is 0 Å². The van der Waals surface area contributed by atoms with Gasteiger partial charge in [0.25, 0.3) is 0 Å². The van der Waals surface area contributed by atoms with Crippen molar-refractivity contribution in [3.05, 3.63) is 47.0 Å². The lowest BCUT2D eigenvalue weighted by Gasteiger charge is -2.32. The summed E-state index contributed by atoms with van der Waals surface area (Å²) in [6.45, 7) is 13.6. The summed E-state index contributed by atoms with van der Waals surface area (Å²) in [7, 11) is 0. The lowest BCUT2D eigenvalue weighted by Crippen LogP contribution is -2.44. The van der Waals surface area contributed by atoms with Gasteiger partial charge in [0.2, 0.25) is 0 Å². The molecule has 170 valence electrons. The Labute approximate surface area is 184 Å². The van der Waals surface area contributed by atoms with E-state index >= 15 is 0 Å². The summed E-state index contributed by atoms with van der Waals surface area (Å²) in [6, 6.07) is 5.98. The number of rotatable bonds is 7. The fraction of sp³-hybridized carbons (Fsp3) is 0.565. The summed E-state index contributed by atoms with van der Waals surface area (Å²) in [5.74, 6) is 3.13. The number of hydrogen-bond acceptors (Lipinski definition) is 6. The van der Waals surface area contributed by atoms with Crippen LogP contribution in [-0.4, -0.2) is 54.9 Å². The highest BCUT2D eigenvalue weighted by Crippen LogP contribution is 2.26. The first-order chi connectivity index (χ1) is 14.8. The molecule has 0 aromatic carbocycles. The largest absolute Gasteiger partial charge is 0.466 e. The molecular formula is C23H35N5O3. The van der Waals surface area contributed by atoms with Crippen molar-refractivity contribution in [2.24, 2.45) is 4.99 Å². The Kier molecular flexibility index (Phi) is 7.56. The summed E-state index contributed by atoms with van der Waals surface area (Å²) < 4.78 is 11.2. The van der Waals surface area contributed by atoms with Crippen LogP contribution >= 0.6 is 0 Å². The van der Waals surface area contributed by atoms with E-state index in [1.807, 2.05) is 39.1 Å². The van der Waals surface area contributed by atoms with Gasteiger partial charge in [0.15, 0.2) is 5.96 Å². The Balaban J connectivity index is 1.60. The van der Waals surface area contributed by atoms with Crippen LogP contribution in [0.2, 0.25) is 0 Å².